The molecule has 0 radical (unpaired) electrons. The van der Waals surface area contributed by atoms with Crippen LogP contribution in [-0.2, 0) is 11.3 Å². The zero-order valence-corrected chi connectivity index (χ0v) is 10.1. The number of rotatable bonds is 6. The molecule has 0 bridgehead atoms. The average molecular weight is 247 g/mol. The lowest BCUT2D eigenvalue weighted by Gasteiger charge is -2.19. The molecule has 0 heterocycles. The summed E-state index contributed by atoms with van der Waals surface area (Å²) < 4.78 is 5.35. The van der Waals surface area contributed by atoms with Gasteiger partial charge in [-0.1, -0.05) is 36.4 Å². The molecule has 0 atom stereocenters. The molecule has 0 fully saturated rings. The Hall–Kier alpha value is -2.14. The fraction of sp³-hybridized carbons (Fsp3) is 0.231. The van der Waals surface area contributed by atoms with E-state index in [-0.39, 0.29) is 19.0 Å². The second kappa shape index (κ2) is 7.24. The SMILES string of the molecule is C=CCN(C(=N)COCc1ccccc1)C(N)=O. The summed E-state index contributed by atoms with van der Waals surface area (Å²) in [4.78, 5) is 12.2. The largest absolute Gasteiger partial charge is 0.369 e. The van der Waals surface area contributed by atoms with Crippen LogP contribution in [0, 0.1) is 5.41 Å². The molecule has 0 aliphatic carbocycles. The zero-order chi connectivity index (χ0) is 13.4. The molecule has 0 unspecified atom stereocenters. The van der Waals surface area contributed by atoms with Crippen LogP contribution in [0.5, 0.6) is 0 Å². The van der Waals surface area contributed by atoms with Crippen molar-refractivity contribution in [3.05, 3.63) is 48.6 Å². The second-order valence-electron chi connectivity index (χ2n) is 3.66. The van der Waals surface area contributed by atoms with Gasteiger partial charge in [-0.3, -0.25) is 10.3 Å². The highest BCUT2D eigenvalue weighted by molar-refractivity contribution is 5.96. The molecule has 18 heavy (non-hydrogen) atoms. The number of hydrogen-bond acceptors (Lipinski definition) is 3. The molecule has 5 nitrogen and oxygen atoms in total. The van der Waals surface area contributed by atoms with Crippen LogP contribution in [-0.4, -0.2) is 29.9 Å². The zero-order valence-electron chi connectivity index (χ0n) is 10.1. The molecule has 0 aliphatic heterocycles. The van der Waals surface area contributed by atoms with Crippen LogP contribution in [0.3, 0.4) is 0 Å². The lowest BCUT2D eigenvalue weighted by molar-refractivity contribution is 0.150. The normalized spacial score (nSPS) is 9.78. The van der Waals surface area contributed by atoms with Crippen LogP contribution < -0.4 is 5.73 Å². The van der Waals surface area contributed by atoms with E-state index in [2.05, 4.69) is 6.58 Å². The third kappa shape index (κ3) is 4.39. The van der Waals surface area contributed by atoms with Crippen LogP contribution in [0.25, 0.3) is 0 Å². The number of carbonyl (C=O) groups excluding carboxylic acids is 1. The Morgan fingerprint density at radius 3 is 2.67 bits per heavy atom. The van der Waals surface area contributed by atoms with Gasteiger partial charge in [0.1, 0.15) is 12.4 Å². The minimum atomic E-state index is -0.678. The maximum absolute atomic E-state index is 11.1. The van der Waals surface area contributed by atoms with Gasteiger partial charge in [0.2, 0.25) is 0 Å². The standard InChI is InChI=1S/C13H17N3O2/c1-2-8-16(13(15)17)12(14)10-18-9-11-6-4-3-5-7-11/h2-7,14H,1,8-10H2,(H2,15,17). The average Bonchev–Trinajstić information content (AvgIpc) is 2.36. The van der Waals surface area contributed by atoms with E-state index in [0.29, 0.717) is 6.61 Å². The van der Waals surface area contributed by atoms with E-state index in [1.54, 1.807) is 0 Å². The van der Waals surface area contributed by atoms with E-state index in [0.717, 1.165) is 10.5 Å². The number of ether oxygens (including phenoxy) is 1. The maximum atomic E-state index is 11.1. The van der Waals surface area contributed by atoms with Crippen molar-refractivity contribution in [2.45, 2.75) is 6.61 Å². The summed E-state index contributed by atoms with van der Waals surface area (Å²) in [6.45, 7) is 4.14. The second-order valence-corrected chi connectivity index (χ2v) is 3.66. The van der Waals surface area contributed by atoms with Crippen LogP contribution in [0.4, 0.5) is 4.79 Å². The van der Waals surface area contributed by atoms with Crippen LogP contribution in [0.2, 0.25) is 0 Å². The molecule has 1 aromatic rings. The molecule has 0 aromatic heterocycles. The first-order chi connectivity index (χ1) is 8.65. The highest BCUT2D eigenvalue weighted by Gasteiger charge is 2.13. The summed E-state index contributed by atoms with van der Waals surface area (Å²) in [6, 6.07) is 8.93. The van der Waals surface area contributed by atoms with Crippen molar-refractivity contribution in [2.75, 3.05) is 13.2 Å². The van der Waals surface area contributed by atoms with Crippen LogP contribution >= 0.6 is 0 Å². The van der Waals surface area contributed by atoms with E-state index in [1.807, 2.05) is 30.3 Å². The molecular formula is C13H17N3O2. The summed E-state index contributed by atoms with van der Waals surface area (Å²) in [5.74, 6) is 0.0262. The van der Waals surface area contributed by atoms with E-state index >= 15 is 0 Å². The van der Waals surface area contributed by atoms with Crippen molar-refractivity contribution in [3.8, 4) is 0 Å². The van der Waals surface area contributed by atoms with Crippen molar-refractivity contribution in [1.29, 1.82) is 5.41 Å². The van der Waals surface area contributed by atoms with Crippen molar-refractivity contribution >= 4 is 11.9 Å². The van der Waals surface area contributed by atoms with Crippen LogP contribution in [0.1, 0.15) is 5.56 Å². The molecule has 1 aromatic carbocycles. The number of nitrogens with two attached hydrogens (primary N) is 1. The smallest absolute Gasteiger partial charge is 0.320 e. The molecule has 0 aliphatic rings. The van der Waals surface area contributed by atoms with E-state index in [9.17, 15) is 4.79 Å². The summed E-state index contributed by atoms with van der Waals surface area (Å²) in [5, 5.41) is 7.70. The Morgan fingerprint density at radius 2 is 2.11 bits per heavy atom. The van der Waals surface area contributed by atoms with Crippen molar-refractivity contribution in [3.63, 3.8) is 0 Å². The minimum absolute atomic E-state index is 0.0262. The fourth-order valence-corrected chi connectivity index (χ4v) is 1.38. The Morgan fingerprint density at radius 1 is 1.44 bits per heavy atom. The molecule has 96 valence electrons. The number of nitrogens with zero attached hydrogens (tertiary/aromatic N) is 1. The molecule has 0 saturated carbocycles. The lowest BCUT2D eigenvalue weighted by Crippen LogP contribution is -2.42. The van der Waals surface area contributed by atoms with E-state index in [4.69, 9.17) is 15.9 Å². The van der Waals surface area contributed by atoms with Gasteiger partial charge < -0.3 is 10.5 Å². The van der Waals surface area contributed by atoms with Gasteiger partial charge in [0, 0.05) is 6.54 Å². The number of carbonyl (C=O) groups is 1. The molecule has 5 heteroatoms. The third-order valence-electron chi connectivity index (χ3n) is 2.25. The Labute approximate surface area is 106 Å². The fourth-order valence-electron chi connectivity index (χ4n) is 1.38. The Balaban J connectivity index is 2.40. The summed E-state index contributed by atoms with van der Waals surface area (Å²) >= 11 is 0. The quantitative estimate of drug-likeness (QED) is 0.456. The van der Waals surface area contributed by atoms with Crippen molar-refractivity contribution in [1.82, 2.24) is 4.90 Å². The molecule has 0 saturated heterocycles. The highest BCUT2D eigenvalue weighted by atomic mass is 16.5. The molecule has 3 N–H and O–H groups in total. The highest BCUT2D eigenvalue weighted by Crippen LogP contribution is 2.01. The van der Waals surface area contributed by atoms with Gasteiger partial charge in [0.25, 0.3) is 0 Å². The van der Waals surface area contributed by atoms with Crippen molar-refractivity contribution < 1.29 is 9.53 Å². The number of benzene rings is 1. The maximum Gasteiger partial charge on any atom is 0.320 e. The summed E-state index contributed by atoms with van der Waals surface area (Å²) in [7, 11) is 0. The molecule has 1 rings (SSSR count). The Kier molecular flexibility index (Phi) is 5.60. The van der Waals surface area contributed by atoms with Gasteiger partial charge >= 0.3 is 6.03 Å². The topological polar surface area (TPSA) is 79.4 Å². The predicted molar refractivity (Wildman–Crippen MR) is 70.3 cm³/mol. The first kappa shape index (κ1) is 13.9. The van der Waals surface area contributed by atoms with E-state index in [1.165, 1.54) is 6.08 Å². The van der Waals surface area contributed by atoms with E-state index < -0.39 is 6.03 Å². The Bertz CT molecular complexity index is 418. The molecule has 0 spiro atoms. The van der Waals surface area contributed by atoms with Gasteiger partial charge in [-0.2, -0.15) is 0 Å². The third-order valence-corrected chi connectivity index (χ3v) is 2.25. The van der Waals surface area contributed by atoms with Gasteiger partial charge in [0.05, 0.1) is 6.61 Å². The molecule has 2 amide bonds. The lowest BCUT2D eigenvalue weighted by atomic mass is 10.2. The van der Waals surface area contributed by atoms with Crippen LogP contribution in [0.15, 0.2) is 43.0 Å². The number of hydrogen-bond donors (Lipinski definition) is 2. The number of urea groups is 1. The van der Waals surface area contributed by atoms with Gasteiger partial charge in [-0.05, 0) is 5.56 Å². The van der Waals surface area contributed by atoms with Crippen molar-refractivity contribution in [2.24, 2.45) is 5.73 Å². The monoisotopic (exact) mass is 247 g/mol. The van der Waals surface area contributed by atoms with Gasteiger partial charge in [-0.15, -0.1) is 6.58 Å². The molecular weight excluding hydrogens is 230 g/mol. The summed E-state index contributed by atoms with van der Waals surface area (Å²) in [6.07, 6.45) is 1.51. The number of amides is 2. The summed E-state index contributed by atoms with van der Waals surface area (Å²) in [5.41, 5.74) is 6.16. The number of amidine groups is 1. The number of nitrogens with one attached hydrogen (secondary N) is 1. The number of primary amides is 1. The minimum Gasteiger partial charge on any atom is -0.369 e. The predicted octanol–water partition coefficient (Wildman–Crippen LogP) is 1.75. The first-order valence-electron chi connectivity index (χ1n) is 5.52. The first-order valence-corrected chi connectivity index (χ1v) is 5.52. The van der Waals surface area contributed by atoms with Gasteiger partial charge in [0.15, 0.2) is 0 Å². The van der Waals surface area contributed by atoms with Gasteiger partial charge in [-0.25, -0.2) is 4.79 Å².